The standard InChI is InChI=1S/C19H27F2N5/c1-5-22-19(24-11-18-23-8-9-26(18)12-13(2)3)25-14(4)15-6-7-16(20)17(21)10-15/h6-10,13-14H,5,11-12H2,1-4H3,(H2,22,24,25). The molecule has 1 atom stereocenters. The van der Waals surface area contributed by atoms with Crippen LogP contribution >= 0.6 is 0 Å². The molecule has 0 saturated heterocycles. The summed E-state index contributed by atoms with van der Waals surface area (Å²) < 4.78 is 28.7. The number of guanidine groups is 1. The second-order valence-corrected chi connectivity index (χ2v) is 6.62. The van der Waals surface area contributed by atoms with Crippen molar-refractivity contribution in [2.45, 2.75) is 46.8 Å². The number of halogens is 2. The molecule has 142 valence electrons. The summed E-state index contributed by atoms with van der Waals surface area (Å²) in [6.07, 6.45) is 3.73. The molecule has 2 N–H and O–H groups in total. The quantitative estimate of drug-likeness (QED) is 0.583. The van der Waals surface area contributed by atoms with E-state index in [0.29, 0.717) is 30.5 Å². The zero-order valence-electron chi connectivity index (χ0n) is 15.8. The predicted molar refractivity (Wildman–Crippen MR) is 99.8 cm³/mol. The number of nitrogens with one attached hydrogen (secondary N) is 2. The lowest BCUT2D eigenvalue weighted by atomic mass is 10.1. The van der Waals surface area contributed by atoms with Gasteiger partial charge in [-0.1, -0.05) is 19.9 Å². The fourth-order valence-electron chi connectivity index (χ4n) is 2.59. The van der Waals surface area contributed by atoms with Gasteiger partial charge in [-0.2, -0.15) is 0 Å². The first-order chi connectivity index (χ1) is 12.4. The Bertz CT molecular complexity index is 739. The number of aliphatic imine (C=N–C) groups is 1. The van der Waals surface area contributed by atoms with Gasteiger partial charge in [0, 0.05) is 25.5 Å². The summed E-state index contributed by atoms with van der Waals surface area (Å²) in [4.78, 5) is 8.94. The lowest BCUT2D eigenvalue weighted by Crippen LogP contribution is -2.38. The lowest BCUT2D eigenvalue weighted by molar-refractivity contribution is 0.504. The third kappa shape index (κ3) is 5.54. The SMILES string of the molecule is CCNC(=NCc1nccn1CC(C)C)NC(C)c1ccc(F)c(F)c1. The maximum Gasteiger partial charge on any atom is 0.192 e. The van der Waals surface area contributed by atoms with Gasteiger partial charge in [-0.3, -0.25) is 0 Å². The highest BCUT2D eigenvalue weighted by Crippen LogP contribution is 2.16. The van der Waals surface area contributed by atoms with Gasteiger partial charge in [0.1, 0.15) is 12.4 Å². The summed E-state index contributed by atoms with van der Waals surface area (Å²) in [5.41, 5.74) is 0.649. The molecule has 0 spiro atoms. The van der Waals surface area contributed by atoms with Gasteiger partial charge in [0.15, 0.2) is 17.6 Å². The van der Waals surface area contributed by atoms with Crippen molar-refractivity contribution in [3.63, 3.8) is 0 Å². The Labute approximate surface area is 153 Å². The fraction of sp³-hybridized carbons (Fsp3) is 0.474. The maximum atomic E-state index is 13.4. The van der Waals surface area contributed by atoms with E-state index in [1.54, 1.807) is 12.3 Å². The van der Waals surface area contributed by atoms with E-state index >= 15 is 0 Å². The van der Waals surface area contributed by atoms with Gasteiger partial charge in [0.05, 0.1) is 6.04 Å². The predicted octanol–water partition coefficient (Wildman–Crippen LogP) is 3.63. The largest absolute Gasteiger partial charge is 0.357 e. The number of benzene rings is 1. The molecule has 1 aromatic carbocycles. The van der Waals surface area contributed by atoms with E-state index in [9.17, 15) is 8.78 Å². The summed E-state index contributed by atoms with van der Waals surface area (Å²) in [5.74, 6) is 0.305. The van der Waals surface area contributed by atoms with E-state index < -0.39 is 11.6 Å². The van der Waals surface area contributed by atoms with E-state index in [1.807, 2.05) is 20.0 Å². The van der Waals surface area contributed by atoms with Crippen molar-refractivity contribution in [3.05, 3.63) is 53.6 Å². The molecular weight excluding hydrogens is 336 g/mol. The number of nitrogens with zero attached hydrogens (tertiary/aromatic N) is 3. The van der Waals surface area contributed by atoms with Crippen molar-refractivity contribution in [2.75, 3.05) is 6.54 Å². The molecule has 5 nitrogen and oxygen atoms in total. The lowest BCUT2D eigenvalue weighted by Gasteiger charge is -2.18. The van der Waals surface area contributed by atoms with Crippen LogP contribution < -0.4 is 10.6 Å². The summed E-state index contributed by atoms with van der Waals surface area (Å²) >= 11 is 0. The van der Waals surface area contributed by atoms with Crippen molar-refractivity contribution >= 4 is 5.96 Å². The molecule has 1 aromatic heterocycles. The Morgan fingerprint density at radius 2 is 2.00 bits per heavy atom. The van der Waals surface area contributed by atoms with Crippen LogP contribution in [0.1, 0.15) is 45.1 Å². The number of hydrogen-bond donors (Lipinski definition) is 2. The van der Waals surface area contributed by atoms with Gasteiger partial charge >= 0.3 is 0 Å². The average Bonchev–Trinajstić information content (AvgIpc) is 3.01. The average molecular weight is 363 g/mol. The molecule has 0 amide bonds. The first-order valence-electron chi connectivity index (χ1n) is 8.90. The Morgan fingerprint density at radius 3 is 2.65 bits per heavy atom. The molecule has 0 radical (unpaired) electrons. The Kier molecular flexibility index (Phi) is 7.12. The van der Waals surface area contributed by atoms with E-state index in [2.05, 4.69) is 39.0 Å². The molecule has 2 rings (SSSR count). The first kappa shape index (κ1) is 19.9. The topological polar surface area (TPSA) is 54.2 Å². The molecule has 0 bridgehead atoms. The number of aromatic nitrogens is 2. The van der Waals surface area contributed by atoms with Gasteiger partial charge in [0.25, 0.3) is 0 Å². The molecule has 0 aliphatic heterocycles. The Morgan fingerprint density at radius 1 is 1.23 bits per heavy atom. The van der Waals surface area contributed by atoms with Gasteiger partial charge < -0.3 is 15.2 Å². The fourth-order valence-corrected chi connectivity index (χ4v) is 2.59. The number of imidazole rings is 1. The summed E-state index contributed by atoms with van der Waals surface area (Å²) in [6, 6.07) is 3.68. The third-order valence-electron chi connectivity index (χ3n) is 3.88. The molecule has 0 aliphatic rings. The van der Waals surface area contributed by atoms with Crippen LogP contribution in [0.4, 0.5) is 8.78 Å². The monoisotopic (exact) mass is 363 g/mol. The highest BCUT2D eigenvalue weighted by atomic mass is 19.2. The molecule has 0 aliphatic carbocycles. The van der Waals surface area contributed by atoms with Crippen LogP contribution in [0, 0.1) is 17.6 Å². The number of hydrogen-bond acceptors (Lipinski definition) is 2. The van der Waals surface area contributed by atoms with Crippen molar-refractivity contribution in [2.24, 2.45) is 10.9 Å². The minimum absolute atomic E-state index is 0.224. The molecule has 1 unspecified atom stereocenters. The normalized spacial score (nSPS) is 13.1. The summed E-state index contributed by atoms with van der Waals surface area (Å²) in [7, 11) is 0. The van der Waals surface area contributed by atoms with Crippen molar-refractivity contribution in [1.29, 1.82) is 0 Å². The molecule has 0 saturated carbocycles. The second-order valence-electron chi connectivity index (χ2n) is 6.62. The van der Waals surface area contributed by atoms with Crippen molar-refractivity contribution in [1.82, 2.24) is 20.2 Å². The van der Waals surface area contributed by atoms with E-state index in [-0.39, 0.29) is 6.04 Å². The van der Waals surface area contributed by atoms with Gasteiger partial charge in [-0.05, 0) is 37.5 Å². The van der Waals surface area contributed by atoms with Gasteiger partial charge in [0.2, 0.25) is 0 Å². The summed E-state index contributed by atoms with van der Waals surface area (Å²) in [5, 5.41) is 6.38. The minimum atomic E-state index is -0.853. The highest BCUT2D eigenvalue weighted by molar-refractivity contribution is 5.80. The van der Waals surface area contributed by atoms with Crippen LogP contribution in [0.5, 0.6) is 0 Å². The number of rotatable bonds is 7. The molecular formula is C19H27F2N5. The van der Waals surface area contributed by atoms with Crippen LogP contribution in [0.2, 0.25) is 0 Å². The molecule has 0 fully saturated rings. The maximum absolute atomic E-state index is 13.4. The molecule has 2 aromatic rings. The van der Waals surface area contributed by atoms with Crippen LogP contribution in [0.25, 0.3) is 0 Å². The first-order valence-corrected chi connectivity index (χ1v) is 8.90. The zero-order valence-corrected chi connectivity index (χ0v) is 15.8. The summed E-state index contributed by atoms with van der Waals surface area (Å²) in [6.45, 7) is 10.2. The van der Waals surface area contributed by atoms with E-state index in [0.717, 1.165) is 18.4 Å². The van der Waals surface area contributed by atoms with Crippen LogP contribution in [-0.4, -0.2) is 22.1 Å². The molecule has 26 heavy (non-hydrogen) atoms. The smallest absolute Gasteiger partial charge is 0.192 e. The van der Waals surface area contributed by atoms with Crippen LogP contribution in [0.3, 0.4) is 0 Å². The second kappa shape index (κ2) is 9.31. The Hall–Kier alpha value is -2.44. The highest BCUT2D eigenvalue weighted by Gasteiger charge is 2.11. The Balaban J connectivity index is 2.08. The minimum Gasteiger partial charge on any atom is -0.357 e. The molecule has 7 heteroatoms. The van der Waals surface area contributed by atoms with E-state index in [1.165, 1.54) is 6.07 Å². The van der Waals surface area contributed by atoms with Crippen molar-refractivity contribution in [3.8, 4) is 0 Å². The molecule has 1 heterocycles. The van der Waals surface area contributed by atoms with Crippen LogP contribution in [-0.2, 0) is 13.1 Å². The van der Waals surface area contributed by atoms with Gasteiger partial charge in [-0.25, -0.2) is 18.8 Å². The third-order valence-corrected chi connectivity index (χ3v) is 3.88. The van der Waals surface area contributed by atoms with Gasteiger partial charge in [-0.15, -0.1) is 0 Å². The zero-order chi connectivity index (χ0) is 19.1. The van der Waals surface area contributed by atoms with Crippen LogP contribution in [0.15, 0.2) is 35.6 Å². The van der Waals surface area contributed by atoms with Crippen molar-refractivity contribution < 1.29 is 8.78 Å². The van der Waals surface area contributed by atoms with E-state index in [4.69, 9.17) is 0 Å².